The monoisotopic (exact) mass is 326 g/mol. The molecule has 0 unspecified atom stereocenters. The second-order valence-electron chi connectivity index (χ2n) is 5.03. The molecule has 0 aliphatic carbocycles. The Labute approximate surface area is 137 Å². The van der Waals surface area contributed by atoms with E-state index < -0.39 is 11.8 Å². The van der Waals surface area contributed by atoms with E-state index in [9.17, 15) is 9.18 Å². The average Bonchev–Trinajstić information content (AvgIpc) is 3.02. The van der Waals surface area contributed by atoms with Gasteiger partial charge in [0.15, 0.2) is 5.82 Å². The molecular formula is C16H15FN6O. The van der Waals surface area contributed by atoms with Gasteiger partial charge in [0.05, 0.1) is 11.9 Å². The summed E-state index contributed by atoms with van der Waals surface area (Å²) in [6.07, 6.45) is 7.64. The van der Waals surface area contributed by atoms with Crippen LogP contribution in [-0.4, -0.2) is 25.6 Å². The first-order valence-electron chi connectivity index (χ1n) is 7.23. The van der Waals surface area contributed by atoms with E-state index in [1.54, 1.807) is 12.4 Å². The molecule has 3 heterocycles. The van der Waals surface area contributed by atoms with E-state index in [4.69, 9.17) is 0 Å². The molecule has 24 heavy (non-hydrogen) atoms. The molecule has 2 N–H and O–H groups in total. The minimum Gasteiger partial charge on any atom is -0.334 e. The molecule has 3 aromatic rings. The number of carbonyl (C=O) groups excluding carboxylic acids is 1. The van der Waals surface area contributed by atoms with Crippen LogP contribution in [0.3, 0.4) is 0 Å². The number of rotatable bonds is 4. The fourth-order valence-corrected chi connectivity index (χ4v) is 2.11. The normalized spacial score (nSPS) is 10.4. The third-order valence-corrected chi connectivity index (χ3v) is 3.36. The van der Waals surface area contributed by atoms with Gasteiger partial charge in [-0.05, 0) is 24.6 Å². The molecule has 0 bridgehead atoms. The third kappa shape index (κ3) is 3.54. The zero-order valence-electron chi connectivity index (χ0n) is 12.9. The molecular weight excluding hydrogens is 311 g/mol. The summed E-state index contributed by atoms with van der Waals surface area (Å²) in [6.45, 7) is 2.16. The predicted molar refractivity (Wildman–Crippen MR) is 86.1 cm³/mol. The molecule has 8 heteroatoms. The number of carbonyl (C=O) groups is 1. The summed E-state index contributed by atoms with van der Waals surface area (Å²) < 4.78 is 15.3. The van der Waals surface area contributed by atoms with Crippen LogP contribution in [0, 0.1) is 12.7 Å². The Morgan fingerprint density at radius 2 is 2.08 bits per heavy atom. The first-order valence-corrected chi connectivity index (χ1v) is 7.23. The van der Waals surface area contributed by atoms with E-state index in [0.717, 1.165) is 23.4 Å². The van der Waals surface area contributed by atoms with Crippen LogP contribution in [0.15, 0.2) is 49.2 Å². The van der Waals surface area contributed by atoms with E-state index in [2.05, 4.69) is 25.6 Å². The van der Waals surface area contributed by atoms with Crippen LogP contribution in [0.1, 0.15) is 11.4 Å². The fraction of sp³-hybridized carbons (Fsp3) is 0.125. The maximum Gasteiger partial charge on any atom is 0.319 e. The minimum absolute atomic E-state index is 0.0755. The van der Waals surface area contributed by atoms with Crippen molar-refractivity contribution in [2.45, 2.75) is 13.5 Å². The van der Waals surface area contributed by atoms with Gasteiger partial charge in [-0.25, -0.2) is 19.2 Å². The molecule has 3 rings (SSSR count). The molecule has 0 aliphatic rings. The number of urea groups is 1. The summed E-state index contributed by atoms with van der Waals surface area (Å²) in [6, 6.07) is 4.58. The summed E-state index contributed by atoms with van der Waals surface area (Å²) >= 11 is 0. The van der Waals surface area contributed by atoms with Gasteiger partial charge in [0, 0.05) is 31.3 Å². The number of anilines is 1. The van der Waals surface area contributed by atoms with Crippen molar-refractivity contribution in [2.75, 3.05) is 5.32 Å². The van der Waals surface area contributed by atoms with Gasteiger partial charge in [-0.3, -0.25) is 9.55 Å². The number of imidazole rings is 1. The van der Waals surface area contributed by atoms with Gasteiger partial charge >= 0.3 is 6.03 Å². The molecule has 0 fully saturated rings. The van der Waals surface area contributed by atoms with Crippen LogP contribution < -0.4 is 10.6 Å². The quantitative estimate of drug-likeness (QED) is 0.771. The molecule has 0 saturated heterocycles. The maximum atomic E-state index is 13.4. The minimum atomic E-state index is -0.589. The Morgan fingerprint density at radius 3 is 2.75 bits per heavy atom. The smallest absolute Gasteiger partial charge is 0.319 e. The molecule has 3 aromatic heterocycles. The van der Waals surface area contributed by atoms with Crippen molar-refractivity contribution >= 4 is 11.7 Å². The van der Waals surface area contributed by atoms with Crippen molar-refractivity contribution in [3.63, 3.8) is 0 Å². The second-order valence-corrected chi connectivity index (χ2v) is 5.03. The molecule has 2 amide bonds. The van der Waals surface area contributed by atoms with E-state index in [0.29, 0.717) is 0 Å². The van der Waals surface area contributed by atoms with Gasteiger partial charge in [0.25, 0.3) is 0 Å². The topological polar surface area (TPSA) is 84.7 Å². The van der Waals surface area contributed by atoms with Crippen molar-refractivity contribution in [3.8, 4) is 5.82 Å². The van der Waals surface area contributed by atoms with Gasteiger partial charge in [0.2, 0.25) is 0 Å². The van der Waals surface area contributed by atoms with Crippen molar-refractivity contribution < 1.29 is 9.18 Å². The van der Waals surface area contributed by atoms with Crippen molar-refractivity contribution in [3.05, 3.63) is 66.4 Å². The predicted octanol–water partition coefficient (Wildman–Crippen LogP) is 2.43. The Hall–Kier alpha value is -3.29. The summed E-state index contributed by atoms with van der Waals surface area (Å²) in [4.78, 5) is 23.9. The fourth-order valence-electron chi connectivity index (χ4n) is 2.11. The van der Waals surface area contributed by atoms with Gasteiger partial charge in [0.1, 0.15) is 11.6 Å². The van der Waals surface area contributed by atoms with Crippen LogP contribution in [0.25, 0.3) is 5.82 Å². The van der Waals surface area contributed by atoms with Crippen molar-refractivity contribution in [1.29, 1.82) is 0 Å². The summed E-state index contributed by atoms with van der Waals surface area (Å²) in [5.41, 5.74) is 0.897. The zero-order valence-corrected chi connectivity index (χ0v) is 12.9. The van der Waals surface area contributed by atoms with Crippen molar-refractivity contribution in [1.82, 2.24) is 24.8 Å². The highest BCUT2D eigenvalue weighted by molar-refractivity contribution is 5.89. The molecule has 0 radical (unpaired) electrons. The van der Waals surface area contributed by atoms with Crippen molar-refractivity contribution in [2.24, 2.45) is 0 Å². The van der Waals surface area contributed by atoms with E-state index in [-0.39, 0.29) is 12.2 Å². The molecule has 0 aliphatic heterocycles. The van der Waals surface area contributed by atoms with Crippen LogP contribution in [-0.2, 0) is 6.54 Å². The molecule has 7 nitrogen and oxygen atoms in total. The SMILES string of the molecule is Cc1nccn1-c1ccc(CNC(=O)Nc2ccncc2F)cn1. The first kappa shape index (κ1) is 15.6. The second kappa shape index (κ2) is 6.86. The van der Waals surface area contributed by atoms with E-state index in [1.165, 1.54) is 12.3 Å². The average molecular weight is 326 g/mol. The number of hydrogen-bond acceptors (Lipinski definition) is 4. The number of aryl methyl sites for hydroxylation is 1. The van der Waals surface area contributed by atoms with Crippen LogP contribution in [0.5, 0.6) is 0 Å². The third-order valence-electron chi connectivity index (χ3n) is 3.36. The molecule has 0 spiro atoms. The van der Waals surface area contributed by atoms with E-state index >= 15 is 0 Å². The number of aromatic nitrogens is 4. The Morgan fingerprint density at radius 1 is 1.21 bits per heavy atom. The molecule has 0 saturated carbocycles. The lowest BCUT2D eigenvalue weighted by molar-refractivity contribution is 0.251. The van der Waals surface area contributed by atoms with Gasteiger partial charge in [-0.15, -0.1) is 0 Å². The van der Waals surface area contributed by atoms with Gasteiger partial charge in [-0.2, -0.15) is 0 Å². The summed E-state index contributed by atoms with van der Waals surface area (Å²) in [5.74, 6) is 0.999. The molecule has 122 valence electrons. The highest BCUT2D eigenvalue weighted by Gasteiger charge is 2.07. The lowest BCUT2D eigenvalue weighted by atomic mass is 10.3. The summed E-state index contributed by atoms with van der Waals surface area (Å²) in [5, 5.41) is 5.07. The number of pyridine rings is 2. The standard InChI is InChI=1S/C16H15FN6O/c1-11-19-6-7-23(11)15-3-2-12(8-20-15)9-21-16(24)22-14-4-5-18-10-13(14)17/h2-8,10H,9H2,1H3,(H2,18,21,22,24). The summed E-state index contributed by atoms with van der Waals surface area (Å²) in [7, 11) is 0. The lowest BCUT2D eigenvalue weighted by Crippen LogP contribution is -2.28. The first-order chi connectivity index (χ1) is 11.6. The van der Waals surface area contributed by atoms with Crippen LogP contribution >= 0.6 is 0 Å². The maximum absolute atomic E-state index is 13.4. The van der Waals surface area contributed by atoms with Gasteiger partial charge < -0.3 is 10.6 Å². The zero-order chi connectivity index (χ0) is 16.9. The number of nitrogens with zero attached hydrogens (tertiary/aromatic N) is 4. The lowest BCUT2D eigenvalue weighted by Gasteiger charge is -2.09. The number of hydrogen-bond donors (Lipinski definition) is 2. The Kier molecular flexibility index (Phi) is 4.46. The number of halogens is 1. The largest absolute Gasteiger partial charge is 0.334 e. The number of amides is 2. The molecule has 0 aromatic carbocycles. The van der Waals surface area contributed by atoms with Crippen LogP contribution in [0.4, 0.5) is 14.9 Å². The Bertz CT molecular complexity index is 846. The number of nitrogens with one attached hydrogen (secondary N) is 2. The molecule has 0 atom stereocenters. The van der Waals surface area contributed by atoms with Crippen LogP contribution in [0.2, 0.25) is 0 Å². The van der Waals surface area contributed by atoms with Gasteiger partial charge in [-0.1, -0.05) is 6.07 Å². The Balaban J connectivity index is 1.58. The highest BCUT2D eigenvalue weighted by Crippen LogP contribution is 2.11. The highest BCUT2D eigenvalue weighted by atomic mass is 19.1. The van der Waals surface area contributed by atoms with E-state index in [1.807, 2.05) is 29.8 Å².